The van der Waals surface area contributed by atoms with Gasteiger partial charge in [0.2, 0.25) is 0 Å². The third-order valence-electron chi connectivity index (χ3n) is 13.9. The SMILES string of the molecule is Cc1c(-c2cccc3ccccc23)cc2c3cc(-c4cccc5ccccc45)cc4c(C)c(-c5cccc6ccccc56)cc(c5cc(-c6cccc7ccccc67)cc1c52)c43. The Hall–Kier alpha value is -7.80. The fourth-order valence-electron chi connectivity index (χ4n) is 11.0. The van der Waals surface area contributed by atoms with Gasteiger partial charge in [-0.3, -0.25) is 0 Å². The summed E-state index contributed by atoms with van der Waals surface area (Å²) in [4.78, 5) is 0. The maximum atomic E-state index is 2.53. The Balaban J connectivity index is 1.26. The van der Waals surface area contributed by atoms with Gasteiger partial charge in [0.1, 0.15) is 0 Å². The summed E-state index contributed by atoms with van der Waals surface area (Å²) in [6, 6.07) is 77.4. The molecular formula is C62H40. The molecule has 288 valence electrons. The second-order valence-electron chi connectivity index (χ2n) is 17.2. The second kappa shape index (κ2) is 13.4. The van der Waals surface area contributed by atoms with Gasteiger partial charge in [0.05, 0.1) is 0 Å². The molecule has 13 rings (SSSR count). The zero-order chi connectivity index (χ0) is 41.1. The molecule has 0 N–H and O–H groups in total. The molecule has 0 atom stereocenters. The minimum absolute atomic E-state index is 1.24. The first-order chi connectivity index (χ1) is 30.6. The molecule has 0 fully saturated rings. The Morgan fingerprint density at radius 2 is 0.484 bits per heavy atom. The highest BCUT2D eigenvalue weighted by molar-refractivity contribution is 6.36. The summed E-state index contributed by atoms with van der Waals surface area (Å²) in [5.41, 5.74) is 12.7. The van der Waals surface area contributed by atoms with Crippen molar-refractivity contribution in [3.63, 3.8) is 0 Å². The average Bonchev–Trinajstić information content (AvgIpc) is 3.33. The van der Waals surface area contributed by atoms with Crippen LogP contribution in [0.15, 0.2) is 206 Å². The highest BCUT2D eigenvalue weighted by Crippen LogP contribution is 2.50. The Morgan fingerprint density at radius 1 is 0.210 bits per heavy atom. The number of fused-ring (bicyclic) bond motifs is 6. The monoisotopic (exact) mass is 784 g/mol. The molecule has 62 heavy (non-hydrogen) atoms. The maximum Gasteiger partial charge on any atom is -0.00228 e. The molecule has 0 nitrogen and oxygen atoms in total. The van der Waals surface area contributed by atoms with Crippen molar-refractivity contribution in [3.8, 4) is 44.5 Å². The largest absolute Gasteiger partial charge is 0.0616 e. The van der Waals surface area contributed by atoms with Crippen LogP contribution in [0, 0.1) is 13.8 Å². The lowest BCUT2D eigenvalue weighted by atomic mass is 9.80. The number of hydrogen-bond acceptors (Lipinski definition) is 0. The molecule has 13 aromatic rings. The average molecular weight is 785 g/mol. The van der Waals surface area contributed by atoms with E-state index in [9.17, 15) is 0 Å². The van der Waals surface area contributed by atoms with Gasteiger partial charge in [-0.05, 0) is 192 Å². The topological polar surface area (TPSA) is 0 Å². The van der Waals surface area contributed by atoms with E-state index in [0.29, 0.717) is 0 Å². The fraction of sp³-hybridized carbons (Fsp3) is 0.0323. The summed E-state index contributed by atoms with van der Waals surface area (Å²) < 4.78 is 0. The van der Waals surface area contributed by atoms with E-state index in [1.165, 1.54) is 142 Å². The number of hydrogen-bond donors (Lipinski definition) is 0. The van der Waals surface area contributed by atoms with Gasteiger partial charge in [-0.15, -0.1) is 0 Å². The van der Waals surface area contributed by atoms with Crippen molar-refractivity contribution in [1.82, 2.24) is 0 Å². The van der Waals surface area contributed by atoms with Crippen molar-refractivity contribution in [1.29, 1.82) is 0 Å². The van der Waals surface area contributed by atoms with Crippen molar-refractivity contribution in [2.24, 2.45) is 0 Å². The molecule has 0 aliphatic heterocycles. The Labute approximate surface area is 360 Å². The molecule has 0 saturated heterocycles. The molecule has 13 aromatic carbocycles. The van der Waals surface area contributed by atoms with Crippen molar-refractivity contribution in [2.75, 3.05) is 0 Å². The highest BCUT2D eigenvalue weighted by atomic mass is 14.3. The molecule has 0 bridgehead atoms. The molecular weight excluding hydrogens is 745 g/mol. The lowest BCUT2D eigenvalue weighted by Crippen LogP contribution is -1.97. The van der Waals surface area contributed by atoms with Crippen LogP contribution in [0.2, 0.25) is 0 Å². The number of aryl methyl sites for hydroxylation is 2. The van der Waals surface area contributed by atoms with E-state index < -0.39 is 0 Å². The van der Waals surface area contributed by atoms with Crippen LogP contribution in [0.3, 0.4) is 0 Å². The number of rotatable bonds is 4. The normalized spacial score (nSPS) is 12.0. The van der Waals surface area contributed by atoms with Gasteiger partial charge in [0, 0.05) is 0 Å². The zero-order valence-electron chi connectivity index (χ0n) is 34.6. The molecule has 0 heteroatoms. The summed E-state index contributed by atoms with van der Waals surface area (Å²) in [6.07, 6.45) is 0. The highest BCUT2D eigenvalue weighted by Gasteiger charge is 2.23. The van der Waals surface area contributed by atoms with Gasteiger partial charge in [-0.1, -0.05) is 170 Å². The van der Waals surface area contributed by atoms with Crippen LogP contribution in [0.1, 0.15) is 11.1 Å². The molecule has 0 unspecified atom stereocenters. The minimum Gasteiger partial charge on any atom is -0.0616 e. The molecule has 0 aromatic heterocycles. The molecule has 0 saturated carbocycles. The predicted molar refractivity (Wildman–Crippen MR) is 269 cm³/mol. The van der Waals surface area contributed by atoms with Crippen LogP contribution in [0.25, 0.3) is 131 Å². The van der Waals surface area contributed by atoms with E-state index in [0.717, 1.165) is 0 Å². The van der Waals surface area contributed by atoms with E-state index in [1.807, 2.05) is 0 Å². The third kappa shape index (κ3) is 5.08. The van der Waals surface area contributed by atoms with Crippen LogP contribution in [0.5, 0.6) is 0 Å². The maximum absolute atomic E-state index is 2.53. The smallest absolute Gasteiger partial charge is 0.00228 e. The van der Waals surface area contributed by atoms with E-state index >= 15 is 0 Å². The quantitative estimate of drug-likeness (QED) is 0.123. The molecule has 0 aliphatic rings. The van der Waals surface area contributed by atoms with Crippen LogP contribution < -0.4 is 0 Å². The zero-order valence-corrected chi connectivity index (χ0v) is 34.6. The summed E-state index contributed by atoms with van der Waals surface area (Å²) in [5.74, 6) is 0. The molecule has 0 heterocycles. The lowest BCUT2D eigenvalue weighted by Gasteiger charge is -2.23. The van der Waals surface area contributed by atoms with E-state index in [4.69, 9.17) is 0 Å². The summed E-state index contributed by atoms with van der Waals surface area (Å²) in [5, 5.41) is 20.5. The molecule has 0 amide bonds. The molecule has 0 spiro atoms. The summed E-state index contributed by atoms with van der Waals surface area (Å²) >= 11 is 0. The standard InChI is InChI=1S/C62H40/c1-37-53(51-29-13-21-41-17-5-9-25-47(41)51)35-59-58-34-44(50-28-12-20-40-16-4-8-24-46(40)50)32-56-38(2)54(52-30-14-22-42-18-6-10-26-48(42)52)36-60(62(56)58)57-33-43(31-55(37)61(57)59)49-27-11-19-39-15-3-7-23-45(39)49/h3-36H,1-2H3. The van der Waals surface area contributed by atoms with E-state index in [2.05, 4.69) is 220 Å². The predicted octanol–water partition coefficient (Wildman–Crippen LogP) is 17.6. The molecule has 0 radical (unpaired) electrons. The van der Waals surface area contributed by atoms with Gasteiger partial charge in [-0.2, -0.15) is 0 Å². The van der Waals surface area contributed by atoms with Crippen LogP contribution in [-0.4, -0.2) is 0 Å². The summed E-state index contributed by atoms with van der Waals surface area (Å²) in [7, 11) is 0. The third-order valence-corrected chi connectivity index (χ3v) is 13.9. The van der Waals surface area contributed by atoms with Gasteiger partial charge in [0.15, 0.2) is 0 Å². The lowest BCUT2D eigenvalue weighted by molar-refractivity contribution is 1.52. The van der Waals surface area contributed by atoms with E-state index in [1.54, 1.807) is 0 Å². The Kier molecular flexibility index (Phi) is 7.54. The Bertz CT molecular complexity index is 3690. The van der Waals surface area contributed by atoms with E-state index in [-0.39, 0.29) is 0 Å². The van der Waals surface area contributed by atoms with Crippen molar-refractivity contribution in [3.05, 3.63) is 217 Å². The fourth-order valence-corrected chi connectivity index (χ4v) is 11.0. The first-order valence-corrected chi connectivity index (χ1v) is 21.7. The van der Waals surface area contributed by atoms with Crippen molar-refractivity contribution in [2.45, 2.75) is 13.8 Å². The Morgan fingerprint density at radius 3 is 0.855 bits per heavy atom. The van der Waals surface area contributed by atoms with Gasteiger partial charge in [-0.25, -0.2) is 0 Å². The van der Waals surface area contributed by atoms with Crippen molar-refractivity contribution < 1.29 is 0 Å². The first-order valence-electron chi connectivity index (χ1n) is 21.7. The van der Waals surface area contributed by atoms with Gasteiger partial charge in [0.25, 0.3) is 0 Å². The molecule has 0 aliphatic carbocycles. The second-order valence-corrected chi connectivity index (χ2v) is 17.2. The van der Waals surface area contributed by atoms with Gasteiger partial charge < -0.3 is 0 Å². The van der Waals surface area contributed by atoms with Crippen LogP contribution >= 0.6 is 0 Å². The van der Waals surface area contributed by atoms with Crippen LogP contribution in [0.4, 0.5) is 0 Å². The first kappa shape index (κ1) is 35.0. The van der Waals surface area contributed by atoms with Crippen molar-refractivity contribution >= 4 is 86.2 Å². The minimum atomic E-state index is 1.24. The summed E-state index contributed by atoms with van der Waals surface area (Å²) in [6.45, 7) is 4.70. The van der Waals surface area contributed by atoms with Crippen LogP contribution in [-0.2, 0) is 0 Å². The number of benzene rings is 13. The van der Waals surface area contributed by atoms with Gasteiger partial charge >= 0.3 is 0 Å².